The van der Waals surface area contributed by atoms with Crippen LogP contribution in [0, 0.1) is 5.92 Å². The summed E-state index contributed by atoms with van der Waals surface area (Å²) in [5.41, 5.74) is 1.10. The standard InChI is InChI=1S/C20H28N2O3/c1-25-18-9-5-4-8-15(18)16-14-17(16)20(24)21-11-10-19(23)22-12-6-2-3-7-13-22/h4-5,8-9,16-17H,2-3,6-7,10-14H2,1H3,(H,21,24)/t16-,17+/m1/s1. The lowest BCUT2D eigenvalue weighted by molar-refractivity contribution is -0.131. The van der Waals surface area contributed by atoms with Crippen LogP contribution in [0.15, 0.2) is 24.3 Å². The molecule has 1 saturated heterocycles. The summed E-state index contributed by atoms with van der Waals surface area (Å²) in [6, 6.07) is 7.88. The van der Waals surface area contributed by atoms with Crippen molar-refractivity contribution in [2.75, 3.05) is 26.7 Å². The van der Waals surface area contributed by atoms with Crippen LogP contribution in [0.4, 0.5) is 0 Å². The predicted octanol–water partition coefficient (Wildman–Crippen LogP) is 2.71. The van der Waals surface area contributed by atoms with Crippen molar-refractivity contribution in [1.82, 2.24) is 10.2 Å². The van der Waals surface area contributed by atoms with Crippen molar-refractivity contribution in [3.8, 4) is 5.75 Å². The normalized spacial score (nSPS) is 22.8. The Morgan fingerprint density at radius 1 is 1.16 bits per heavy atom. The number of rotatable bonds is 6. The van der Waals surface area contributed by atoms with E-state index in [1.54, 1.807) is 7.11 Å². The molecule has 136 valence electrons. The second-order valence-electron chi connectivity index (χ2n) is 7.03. The largest absolute Gasteiger partial charge is 0.496 e. The highest BCUT2D eigenvalue weighted by molar-refractivity contribution is 5.84. The van der Waals surface area contributed by atoms with Gasteiger partial charge >= 0.3 is 0 Å². The molecular weight excluding hydrogens is 316 g/mol. The minimum absolute atomic E-state index is 0.00425. The molecule has 1 aromatic rings. The van der Waals surface area contributed by atoms with E-state index in [-0.39, 0.29) is 23.7 Å². The molecule has 2 amide bonds. The van der Waals surface area contributed by atoms with E-state index >= 15 is 0 Å². The van der Waals surface area contributed by atoms with Gasteiger partial charge in [-0.15, -0.1) is 0 Å². The molecule has 25 heavy (non-hydrogen) atoms. The van der Waals surface area contributed by atoms with E-state index in [9.17, 15) is 9.59 Å². The minimum atomic E-state index is 0.00425. The summed E-state index contributed by atoms with van der Waals surface area (Å²) in [6.45, 7) is 2.17. The second kappa shape index (κ2) is 8.37. The summed E-state index contributed by atoms with van der Waals surface area (Å²) in [6.07, 6.45) is 5.88. The van der Waals surface area contributed by atoms with Gasteiger partial charge in [0.1, 0.15) is 5.75 Å². The van der Waals surface area contributed by atoms with Gasteiger partial charge in [-0.3, -0.25) is 9.59 Å². The monoisotopic (exact) mass is 344 g/mol. The maximum absolute atomic E-state index is 12.3. The Balaban J connectivity index is 1.42. The average molecular weight is 344 g/mol. The summed E-state index contributed by atoms with van der Waals surface area (Å²) in [7, 11) is 1.66. The van der Waals surface area contributed by atoms with Crippen LogP contribution in [-0.4, -0.2) is 43.5 Å². The maximum Gasteiger partial charge on any atom is 0.224 e. The predicted molar refractivity (Wildman–Crippen MR) is 96.5 cm³/mol. The van der Waals surface area contributed by atoms with Crippen molar-refractivity contribution in [2.45, 2.75) is 44.4 Å². The zero-order valence-corrected chi connectivity index (χ0v) is 15.0. The number of nitrogens with one attached hydrogen (secondary N) is 1. The molecule has 2 atom stereocenters. The highest BCUT2D eigenvalue weighted by atomic mass is 16.5. The number of benzene rings is 1. The van der Waals surface area contributed by atoms with Crippen molar-refractivity contribution in [3.05, 3.63) is 29.8 Å². The Kier molecular flexibility index (Phi) is 5.95. The van der Waals surface area contributed by atoms with Gasteiger partial charge < -0.3 is 15.0 Å². The molecule has 2 aliphatic rings. The number of nitrogens with zero attached hydrogens (tertiary/aromatic N) is 1. The van der Waals surface area contributed by atoms with Gasteiger partial charge in [-0.2, -0.15) is 0 Å². The van der Waals surface area contributed by atoms with Crippen LogP contribution < -0.4 is 10.1 Å². The number of amides is 2. The molecule has 0 spiro atoms. The van der Waals surface area contributed by atoms with E-state index in [1.807, 2.05) is 29.2 Å². The first-order valence-corrected chi connectivity index (χ1v) is 9.39. The molecule has 1 saturated carbocycles. The van der Waals surface area contributed by atoms with Gasteiger partial charge in [0.05, 0.1) is 7.11 Å². The molecule has 3 rings (SSSR count). The summed E-state index contributed by atoms with van der Waals surface area (Å²) in [5, 5.41) is 2.94. The highest BCUT2D eigenvalue weighted by Crippen LogP contribution is 2.50. The number of likely N-dealkylation sites (tertiary alicyclic amines) is 1. The van der Waals surface area contributed by atoms with Crippen LogP contribution in [0.25, 0.3) is 0 Å². The Labute approximate surface area is 149 Å². The van der Waals surface area contributed by atoms with Gasteiger partial charge in [-0.05, 0) is 36.8 Å². The molecule has 1 heterocycles. The molecule has 1 aliphatic heterocycles. The van der Waals surface area contributed by atoms with Gasteiger partial charge in [-0.25, -0.2) is 0 Å². The van der Waals surface area contributed by atoms with E-state index in [2.05, 4.69) is 5.32 Å². The zero-order valence-electron chi connectivity index (χ0n) is 15.0. The lowest BCUT2D eigenvalue weighted by Crippen LogP contribution is -2.35. The minimum Gasteiger partial charge on any atom is -0.496 e. The van der Waals surface area contributed by atoms with Gasteiger partial charge in [0.15, 0.2) is 0 Å². The summed E-state index contributed by atoms with van der Waals surface area (Å²) in [5.74, 6) is 1.31. The summed E-state index contributed by atoms with van der Waals surface area (Å²) in [4.78, 5) is 26.5. The van der Waals surface area contributed by atoms with Crippen molar-refractivity contribution in [1.29, 1.82) is 0 Å². The number of carbonyl (C=O) groups is 2. The van der Waals surface area contributed by atoms with E-state index in [4.69, 9.17) is 4.74 Å². The van der Waals surface area contributed by atoms with E-state index in [0.29, 0.717) is 13.0 Å². The van der Waals surface area contributed by atoms with Crippen LogP contribution in [0.1, 0.15) is 50.0 Å². The number of methoxy groups -OCH3 is 1. The quantitative estimate of drug-likeness (QED) is 0.863. The van der Waals surface area contributed by atoms with Crippen LogP contribution >= 0.6 is 0 Å². The zero-order chi connectivity index (χ0) is 17.6. The summed E-state index contributed by atoms with van der Waals surface area (Å²) < 4.78 is 5.38. The topological polar surface area (TPSA) is 58.6 Å². The van der Waals surface area contributed by atoms with E-state index < -0.39 is 0 Å². The third kappa shape index (κ3) is 4.53. The first-order valence-electron chi connectivity index (χ1n) is 9.39. The van der Waals surface area contributed by atoms with Crippen LogP contribution in [-0.2, 0) is 9.59 Å². The highest BCUT2D eigenvalue weighted by Gasteiger charge is 2.45. The van der Waals surface area contributed by atoms with Crippen LogP contribution in [0.3, 0.4) is 0 Å². The first kappa shape index (κ1) is 17.8. The first-order chi connectivity index (χ1) is 12.2. The molecule has 0 aromatic heterocycles. The van der Waals surface area contributed by atoms with Gasteiger partial charge in [0.2, 0.25) is 11.8 Å². The fourth-order valence-electron chi connectivity index (χ4n) is 3.70. The lowest BCUT2D eigenvalue weighted by atomic mass is 10.1. The molecule has 1 N–H and O–H groups in total. The fraction of sp³-hybridized carbons (Fsp3) is 0.600. The number of para-hydroxylation sites is 1. The Hall–Kier alpha value is -2.04. The molecular formula is C20H28N2O3. The smallest absolute Gasteiger partial charge is 0.224 e. The molecule has 1 aliphatic carbocycles. The van der Waals surface area contributed by atoms with Gasteiger partial charge in [0, 0.05) is 32.0 Å². The fourth-order valence-corrected chi connectivity index (χ4v) is 3.70. The molecule has 0 radical (unpaired) electrons. The third-order valence-electron chi connectivity index (χ3n) is 5.26. The Morgan fingerprint density at radius 3 is 2.60 bits per heavy atom. The number of carbonyl (C=O) groups excluding carboxylic acids is 2. The second-order valence-corrected chi connectivity index (χ2v) is 7.03. The molecule has 0 bridgehead atoms. The van der Waals surface area contributed by atoms with Crippen LogP contribution in [0.5, 0.6) is 5.75 Å². The third-order valence-corrected chi connectivity index (χ3v) is 5.26. The molecule has 0 unspecified atom stereocenters. The molecule has 5 heteroatoms. The van der Waals surface area contributed by atoms with E-state index in [0.717, 1.165) is 43.7 Å². The van der Waals surface area contributed by atoms with Crippen molar-refractivity contribution < 1.29 is 14.3 Å². The molecule has 2 fully saturated rings. The SMILES string of the molecule is COc1ccccc1[C@H]1C[C@@H]1C(=O)NCCC(=O)N1CCCCCC1. The van der Waals surface area contributed by atoms with E-state index in [1.165, 1.54) is 12.8 Å². The maximum atomic E-state index is 12.3. The number of hydrogen-bond acceptors (Lipinski definition) is 3. The van der Waals surface area contributed by atoms with Gasteiger partial charge in [-0.1, -0.05) is 31.0 Å². The van der Waals surface area contributed by atoms with Crippen molar-refractivity contribution >= 4 is 11.8 Å². The lowest BCUT2D eigenvalue weighted by Gasteiger charge is -2.20. The van der Waals surface area contributed by atoms with Crippen molar-refractivity contribution in [3.63, 3.8) is 0 Å². The molecule has 1 aromatic carbocycles. The number of ether oxygens (including phenoxy) is 1. The van der Waals surface area contributed by atoms with Crippen molar-refractivity contribution in [2.24, 2.45) is 5.92 Å². The summed E-state index contributed by atoms with van der Waals surface area (Å²) >= 11 is 0. The van der Waals surface area contributed by atoms with Gasteiger partial charge in [0.25, 0.3) is 0 Å². The molecule has 5 nitrogen and oxygen atoms in total. The Bertz CT molecular complexity index is 609. The number of hydrogen-bond donors (Lipinski definition) is 1. The Morgan fingerprint density at radius 2 is 1.88 bits per heavy atom. The van der Waals surface area contributed by atoms with Crippen LogP contribution in [0.2, 0.25) is 0 Å². The average Bonchev–Trinajstić information content (AvgIpc) is 3.45.